The number of aryl methyl sites for hydroxylation is 3. The van der Waals surface area contributed by atoms with Crippen LogP contribution in [0.15, 0.2) is 60.7 Å². The van der Waals surface area contributed by atoms with Crippen LogP contribution in [0.4, 0.5) is 0 Å². The van der Waals surface area contributed by atoms with E-state index in [1.54, 1.807) is 0 Å². The van der Waals surface area contributed by atoms with Crippen molar-refractivity contribution in [2.24, 2.45) is 0 Å². The Balaban J connectivity index is 1.65. The molecular formula is C23H25NO. The van der Waals surface area contributed by atoms with E-state index in [4.69, 9.17) is 0 Å². The quantitative estimate of drug-likeness (QED) is 0.678. The summed E-state index contributed by atoms with van der Waals surface area (Å²) < 4.78 is 0. The molecule has 3 aromatic carbocycles. The predicted octanol–water partition coefficient (Wildman–Crippen LogP) is 5.27. The van der Waals surface area contributed by atoms with Crippen LogP contribution in [0.1, 0.15) is 41.6 Å². The number of carbonyl (C=O) groups excluding carboxylic acids is 1. The van der Waals surface area contributed by atoms with Crippen molar-refractivity contribution in [3.8, 4) is 0 Å². The molecule has 0 saturated carbocycles. The lowest BCUT2D eigenvalue weighted by Gasteiger charge is -2.17. The van der Waals surface area contributed by atoms with Gasteiger partial charge in [-0.15, -0.1) is 0 Å². The van der Waals surface area contributed by atoms with Gasteiger partial charge in [-0.1, -0.05) is 66.2 Å². The van der Waals surface area contributed by atoms with E-state index in [-0.39, 0.29) is 11.9 Å². The first-order valence-electron chi connectivity index (χ1n) is 8.88. The lowest BCUT2D eigenvalue weighted by atomic mass is 9.99. The van der Waals surface area contributed by atoms with Gasteiger partial charge in [-0.3, -0.25) is 4.79 Å². The van der Waals surface area contributed by atoms with Gasteiger partial charge in [0, 0.05) is 6.42 Å². The largest absolute Gasteiger partial charge is 0.350 e. The standard InChI is InChI=1S/C23H25NO/c1-16-11-12-17(2)22(15-16)18(3)24-23(25)14-13-20-9-6-8-19-7-4-5-10-21(19)20/h4-12,15,18H,13-14H2,1-3H3,(H,24,25)/t18-/m1/s1. The van der Waals surface area contributed by atoms with Gasteiger partial charge in [0.15, 0.2) is 0 Å². The van der Waals surface area contributed by atoms with Crippen LogP contribution in [0.5, 0.6) is 0 Å². The normalized spacial score (nSPS) is 12.1. The van der Waals surface area contributed by atoms with E-state index in [9.17, 15) is 4.79 Å². The van der Waals surface area contributed by atoms with Gasteiger partial charge >= 0.3 is 0 Å². The van der Waals surface area contributed by atoms with Gasteiger partial charge in [0.05, 0.1) is 6.04 Å². The smallest absolute Gasteiger partial charge is 0.220 e. The van der Waals surface area contributed by atoms with Crippen LogP contribution in [-0.2, 0) is 11.2 Å². The Bertz CT molecular complexity index is 892. The number of amides is 1. The molecule has 0 bridgehead atoms. The highest BCUT2D eigenvalue weighted by Gasteiger charge is 2.12. The van der Waals surface area contributed by atoms with Gasteiger partial charge in [-0.05, 0) is 54.7 Å². The van der Waals surface area contributed by atoms with Crippen molar-refractivity contribution in [3.63, 3.8) is 0 Å². The predicted molar refractivity (Wildman–Crippen MR) is 105 cm³/mol. The van der Waals surface area contributed by atoms with Crippen LogP contribution >= 0.6 is 0 Å². The molecule has 0 aliphatic carbocycles. The van der Waals surface area contributed by atoms with Crippen LogP contribution in [0.3, 0.4) is 0 Å². The number of hydrogen-bond donors (Lipinski definition) is 1. The van der Waals surface area contributed by atoms with Crippen molar-refractivity contribution in [1.29, 1.82) is 0 Å². The fourth-order valence-corrected chi connectivity index (χ4v) is 3.38. The average molecular weight is 331 g/mol. The molecule has 2 heteroatoms. The Morgan fingerprint density at radius 3 is 2.60 bits per heavy atom. The number of benzene rings is 3. The monoisotopic (exact) mass is 331 g/mol. The van der Waals surface area contributed by atoms with E-state index in [1.807, 2.05) is 6.07 Å². The zero-order chi connectivity index (χ0) is 17.8. The molecule has 1 atom stereocenters. The summed E-state index contributed by atoms with van der Waals surface area (Å²) in [5, 5.41) is 5.61. The first-order chi connectivity index (χ1) is 12.0. The lowest BCUT2D eigenvalue weighted by molar-refractivity contribution is -0.121. The molecule has 3 aromatic rings. The van der Waals surface area contributed by atoms with Crippen LogP contribution in [0, 0.1) is 13.8 Å². The highest BCUT2D eigenvalue weighted by molar-refractivity contribution is 5.86. The first kappa shape index (κ1) is 17.2. The second-order valence-electron chi connectivity index (χ2n) is 6.79. The Hall–Kier alpha value is -2.61. The molecule has 1 amide bonds. The zero-order valence-electron chi connectivity index (χ0n) is 15.2. The van der Waals surface area contributed by atoms with E-state index in [1.165, 1.54) is 33.0 Å². The topological polar surface area (TPSA) is 29.1 Å². The van der Waals surface area contributed by atoms with Gasteiger partial charge in [-0.25, -0.2) is 0 Å². The third-order valence-corrected chi connectivity index (χ3v) is 4.78. The zero-order valence-corrected chi connectivity index (χ0v) is 15.2. The van der Waals surface area contributed by atoms with Crippen LogP contribution in [-0.4, -0.2) is 5.91 Å². The Morgan fingerprint density at radius 1 is 1.00 bits per heavy atom. The summed E-state index contributed by atoms with van der Waals surface area (Å²) in [5.74, 6) is 0.0985. The van der Waals surface area contributed by atoms with E-state index in [0.29, 0.717) is 6.42 Å². The molecule has 0 unspecified atom stereocenters. The van der Waals surface area contributed by atoms with Crippen molar-refractivity contribution >= 4 is 16.7 Å². The van der Waals surface area contributed by atoms with Crippen molar-refractivity contribution in [3.05, 3.63) is 82.9 Å². The lowest BCUT2D eigenvalue weighted by Crippen LogP contribution is -2.27. The second-order valence-corrected chi connectivity index (χ2v) is 6.79. The molecule has 0 radical (unpaired) electrons. The summed E-state index contributed by atoms with van der Waals surface area (Å²) in [6.45, 7) is 6.23. The number of hydrogen-bond acceptors (Lipinski definition) is 1. The second kappa shape index (κ2) is 7.52. The van der Waals surface area contributed by atoms with Crippen molar-refractivity contribution in [2.75, 3.05) is 0 Å². The van der Waals surface area contributed by atoms with Gasteiger partial charge in [0.1, 0.15) is 0 Å². The molecule has 3 rings (SSSR count). The summed E-state index contributed by atoms with van der Waals surface area (Å²) in [7, 11) is 0. The first-order valence-corrected chi connectivity index (χ1v) is 8.88. The van der Waals surface area contributed by atoms with E-state index in [0.717, 1.165) is 6.42 Å². The number of rotatable bonds is 5. The van der Waals surface area contributed by atoms with Crippen molar-refractivity contribution in [1.82, 2.24) is 5.32 Å². The van der Waals surface area contributed by atoms with Crippen LogP contribution in [0.2, 0.25) is 0 Å². The van der Waals surface area contributed by atoms with Gasteiger partial charge in [0.25, 0.3) is 0 Å². The molecule has 0 aromatic heterocycles. The SMILES string of the molecule is Cc1ccc(C)c([C@@H](C)NC(=O)CCc2cccc3ccccc23)c1. The minimum Gasteiger partial charge on any atom is -0.350 e. The third kappa shape index (κ3) is 4.08. The Morgan fingerprint density at radius 2 is 1.76 bits per heavy atom. The van der Waals surface area contributed by atoms with Gasteiger partial charge in [0.2, 0.25) is 5.91 Å². The minimum atomic E-state index is 0.0277. The summed E-state index contributed by atoms with van der Waals surface area (Å²) in [5.41, 5.74) is 4.86. The highest BCUT2D eigenvalue weighted by Crippen LogP contribution is 2.21. The molecule has 0 spiro atoms. The molecule has 0 aliphatic rings. The molecule has 128 valence electrons. The summed E-state index contributed by atoms with van der Waals surface area (Å²) in [6.07, 6.45) is 1.26. The van der Waals surface area contributed by atoms with Crippen LogP contribution < -0.4 is 5.32 Å². The summed E-state index contributed by atoms with van der Waals surface area (Å²) in [6, 6.07) is 21.0. The maximum atomic E-state index is 12.4. The van der Waals surface area contributed by atoms with E-state index >= 15 is 0 Å². The maximum Gasteiger partial charge on any atom is 0.220 e. The van der Waals surface area contributed by atoms with Crippen molar-refractivity contribution < 1.29 is 4.79 Å². The Labute approximate surface area is 149 Å². The number of nitrogens with one attached hydrogen (secondary N) is 1. The van der Waals surface area contributed by atoms with Crippen LogP contribution in [0.25, 0.3) is 10.8 Å². The average Bonchev–Trinajstić information content (AvgIpc) is 2.61. The molecular weight excluding hydrogens is 306 g/mol. The van der Waals surface area contributed by atoms with E-state index < -0.39 is 0 Å². The molecule has 0 aliphatic heterocycles. The Kier molecular flexibility index (Phi) is 5.18. The summed E-state index contributed by atoms with van der Waals surface area (Å²) in [4.78, 5) is 12.4. The summed E-state index contributed by atoms with van der Waals surface area (Å²) >= 11 is 0. The molecule has 0 fully saturated rings. The maximum absolute atomic E-state index is 12.4. The fraction of sp³-hybridized carbons (Fsp3) is 0.261. The van der Waals surface area contributed by atoms with Gasteiger partial charge < -0.3 is 5.32 Å². The number of carbonyl (C=O) groups is 1. The van der Waals surface area contributed by atoms with Crippen molar-refractivity contribution in [2.45, 2.75) is 39.7 Å². The molecule has 2 nitrogen and oxygen atoms in total. The molecule has 0 saturated heterocycles. The molecule has 1 N–H and O–H groups in total. The molecule has 0 heterocycles. The third-order valence-electron chi connectivity index (χ3n) is 4.78. The molecule has 25 heavy (non-hydrogen) atoms. The van der Waals surface area contributed by atoms with E-state index in [2.05, 4.69) is 80.7 Å². The number of fused-ring (bicyclic) bond motifs is 1. The minimum absolute atomic E-state index is 0.0277. The van der Waals surface area contributed by atoms with Gasteiger partial charge in [-0.2, -0.15) is 0 Å². The fourth-order valence-electron chi connectivity index (χ4n) is 3.38. The highest BCUT2D eigenvalue weighted by atomic mass is 16.1.